The summed E-state index contributed by atoms with van der Waals surface area (Å²) in [6, 6.07) is 0. The van der Waals surface area contributed by atoms with Gasteiger partial charge in [0.15, 0.2) is 0 Å². The summed E-state index contributed by atoms with van der Waals surface area (Å²) >= 11 is 0. The number of carbonyl (C=O) groups excluding carboxylic acids is 2. The number of aliphatic hydroxyl groups is 2. The Bertz CT molecular complexity index is 511. The van der Waals surface area contributed by atoms with Crippen LogP contribution in [0.5, 0.6) is 0 Å². The predicted octanol–water partition coefficient (Wildman–Crippen LogP) is 9.41. The number of nitrogens with two attached hydrogens (primary N) is 2. The van der Waals surface area contributed by atoms with E-state index in [1.807, 2.05) is 0 Å². The third-order valence-electron chi connectivity index (χ3n) is 8.20. The molecule has 6 nitrogen and oxygen atoms in total. The van der Waals surface area contributed by atoms with Crippen LogP contribution in [0.4, 0.5) is 0 Å². The molecule has 0 aliphatic rings. The third kappa shape index (κ3) is 41.0. The molecule has 0 aromatic rings. The molecule has 6 heteroatoms. The number of primary amides is 2. The molecular formula is C36H74N2O4. The Morgan fingerprint density at radius 3 is 0.857 bits per heavy atom. The second-order valence-electron chi connectivity index (χ2n) is 12.7. The van der Waals surface area contributed by atoms with Gasteiger partial charge in [0.25, 0.3) is 0 Å². The highest BCUT2D eigenvalue weighted by molar-refractivity contribution is 5.73. The highest BCUT2D eigenvalue weighted by Gasteiger charge is 2.04. The normalized spacial score (nSPS) is 12.5. The quantitative estimate of drug-likeness (QED) is 0.0575. The van der Waals surface area contributed by atoms with E-state index in [1.165, 1.54) is 116 Å². The monoisotopic (exact) mass is 599 g/mol. The van der Waals surface area contributed by atoms with Crippen LogP contribution < -0.4 is 11.5 Å². The summed E-state index contributed by atoms with van der Waals surface area (Å²) < 4.78 is 0. The largest absolute Gasteiger partial charge is 0.393 e. The fourth-order valence-corrected chi connectivity index (χ4v) is 5.38. The maximum absolute atomic E-state index is 10.6. The van der Waals surface area contributed by atoms with Gasteiger partial charge in [0.2, 0.25) is 11.8 Å². The average molecular weight is 599 g/mol. The van der Waals surface area contributed by atoms with Crippen molar-refractivity contribution in [1.29, 1.82) is 0 Å². The van der Waals surface area contributed by atoms with Gasteiger partial charge in [0.1, 0.15) is 0 Å². The molecule has 0 radical (unpaired) electrons. The van der Waals surface area contributed by atoms with E-state index in [-0.39, 0.29) is 24.0 Å². The first-order valence-corrected chi connectivity index (χ1v) is 18.3. The number of amides is 2. The number of carbonyl (C=O) groups is 2. The Balaban J connectivity index is 0. The van der Waals surface area contributed by atoms with Crippen LogP contribution in [0.3, 0.4) is 0 Å². The smallest absolute Gasteiger partial charge is 0.217 e. The molecule has 0 saturated carbocycles. The molecule has 252 valence electrons. The Morgan fingerprint density at radius 2 is 0.619 bits per heavy atom. The van der Waals surface area contributed by atoms with Crippen molar-refractivity contribution in [3.8, 4) is 0 Å². The Labute approximate surface area is 261 Å². The number of rotatable bonds is 32. The zero-order valence-corrected chi connectivity index (χ0v) is 28.2. The molecule has 0 fully saturated rings. The molecule has 0 heterocycles. The summed E-state index contributed by atoms with van der Waals surface area (Å²) in [4.78, 5) is 21.1. The second-order valence-corrected chi connectivity index (χ2v) is 12.7. The lowest BCUT2D eigenvalue weighted by Crippen LogP contribution is -2.09. The lowest BCUT2D eigenvalue weighted by atomic mass is 10.0. The maximum Gasteiger partial charge on any atom is 0.217 e. The van der Waals surface area contributed by atoms with Crippen molar-refractivity contribution in [1.82, 2.24) is 0 Å². The zero-order chi connectivity index (χ0) is 31.5. The van der Waals surface area contributed by atoms with Crippen molar-refractivity contribution in [2.45, 2.75) is 219 Å². The zero-order valence-electron chi connectivity index (χ0n) is 28.2. The molecule has 0 aliphatic carbocycles. The van der Waals surface area contributed by atoms with Crippen LogP contribution in [0, 0.1) is 0 Å². The highest BCUT2D eigenvalue weighted by Crippen LogP contribution is 2.15. The number of hydrogen-bond donors (Lipinski definition) is 4. The van der Waals surface area contributed by atoms with Crippen molar-refractivity contribution >= 4 is 11.8 Å². The molecule has 42 heavy (non-hydrogen) atoms. The predicted molar refractivity (Wildman–Crippen MR) is 180 cm³/mol. The minimum atomic E-state index is -0.178. The van der Waals surface area contributed by atoms with Crippen LogP contribution in [0.25, 0.3) is 0 Å². The van der Waals surface area contributed by atoms with Gasteiger partial charge in [-0.15, -0.1) is 0 Å². The van der Waals surface area contributed by atoms with E-state index < -0.39 is 0 Å². The first kappa shape index (κ1) is 43.0. The van der Waals surface area contributed by atoms with Gasteiger partial charge in [-0.1, -0.05) is 155 Å². The fraction of sp³-hybridized carbons (Fsp3) is 0.944. The first-order valence-electron chi connectivity index (χ1n) is 18.3. The highest BCUT2D eigenvalue weighted by atomic mass is 16.3. The summed E-state index contributed by atoms with van der Waals surface area (Å²) in [5, 5.41) is 19.7. The molecule has 0 aliphatic heterocycles. The van der Waals surface area contributed by atoms with E-state index in [1.54, 1.807) is 0 Å². The summed E-state index contributed by atoms with van der Waals surface area (Å²) in [6.45, 7) is 4.43. The van der Waals surface area contributed by atoms with Crippen LogP contribution in [0.15, 0.2) is 0 Å². The number of hydrogen-bond acceptors (Lipinski definition) is 4. The van der Waals surface area contributed by atoms with Gasteiger partial charge < -0.3 is 21.7 Å². The molecular weight excluding hydrogens is 524 g/mol. The van der Waals surface area contributed by atoms with Crippen molar-refractivity contribution in [2.24, 2.45) is 11.5 Å². The van der Waals surface area contributed by atoms with Gasteiger partial charge in [-0.2, -0.15) is 0 Å². The summed E-state index contributed by atoms with van der Waals surface area (Å²) in [5.74, 6) is -0.355. The van der Waals surface area contributed by atoms with Gasteiger partial charge in [0.05, 0.1) is 12.2 Å². The average Bonchev–Trinajstić information content (AvgIpc) is 2.95. The molecule has 0 aromatic carbocycles. The van der Waals surface area contributed by atoms with Crippen molar-refractivity contribution in [3.63, 3.8) is 0 Å². The minimum Gasteiger partial charge on any atom is -0.393 e. The first-order chi connectivity index (χ1) is 20.3. The minimum absolute atomic E-state index is 0.0735. The molecule has 0 bridgehead atoms. The summed E-state index contributed by atoms with van der Waals surface area (Å²) in [6.07, 6.45) is 33.9. The number of aliphatic hydroxyl groups excluding tert-OH is 2. The lowest BCUT2D eigenvalue weighted by Gasteiger charge is -2.10. The van der Waals surface area contributed by atoms with Crippen LogP contribution in [0.2, 0.25) is 0 Å². The molecule has 2 atom stereocenters. The van der Waals surface area contributed by atoms with E-state index in [0.29, 0.717) is 12.8 Å². The Hall–Kier alpha value is -1.14. The van der Waals surface area contributed by atoms with Crippen molar-refractivity contribution < 1.29 is 19.8 Å². The van der Waals surface area contributed by atoms with Crippen LogP contribution >= 0.6 is 0 Å². The molecule has 2 amide bonds. The van der Waals surface area contributed by atoms with Crippen molar-refractivity contribution in [2.75, 3.05) is 0 Å². The SMILES string of the molecule is CCCCCCC(O)CCCCCCCCCCC(N)=O.CCCCCCC(O)CCCCCCCCCCC(N)=O. The molecule has 0 saturated heterocycles. The van der Waals surface area contributed by atoms with E-state index in [9.17, 15) is 19.8 Å². The third-order valence-corrected chi connectivity index (χ3v) is 8.20. The van der Waals surface area contributed by atoms with Gasteiger partial charge in [0, 0.05) is 12.8 Å². The maximum atomic E-state index is 10.6. The van der Waals surface area contributed by atoms with E-state index in [4.69, 9.17) is 11.5 Å². The molecule has 0 aromatic heterocycles. The van der Waals surface area contributed by atoms with Gasteiger partial charge in [-0.25, -0.2) is 0 Å². The lowest BCUT2D eigenvalue weighted by molar-refractivity contribution is -0.119. The second kappa shape index (κ2) is 36.1. The van der Waals surface area contributed by atoms with Crippen LogP contribution in [-0.2, 0) is 9.59 Å². The summed E-state index contributed by atoms with van der Waals surface area (Å²) in [7, 11) is 0. The molecule has 6 N–H and O–H groups in total. The van der Waals surface area contributed by atoms with E-state index >= 15 is 0 Å². The van der Waals surface area contributed by atoms with Gasteiger partial charge in [-0.3, -0.25) is 9.59 Å². The van der Waals surface area contributed by atoms with Crippen molar-refractivity contribution in [3.05, 3.63) is 0 Å². The summed E-state index contributed by atoms with van der Waals surface area (Å²) in [5.41, 5.74) is 10.2. The van der Waals surface area contributed by atoms with E-state index in [2.05, 4.69) is 13.8 Å². The molecule has 0 spiro atoms. The molecule has 2 unspecified atom stereocenters. The van der Waals surface area contributed by atoms with E-state index in [0.717, 1.165) is 64.2 Å². The van der Waals surface area contributed by atoms with Gasteiger partial charge in [-0.05, 0) is 38.5 Å². The standard InChI is InChI=1S/2C18H37NO2/c2*1-2-3-4-11-14-17(20)15-12-9-7-5-6-8-10-13-16-18(19)21/h2*17,20H,2-16H2,1H3,(H2,19,21). The Kier molecular flexibility index (Phi) is 36.9. The topological polar surface area (TPSA) is 127 Å². The van der Waals surface area contributed by atoms with Crippen LogP contribution in [-0.4, -0.2) is 34.2 Å². The molecule has 0 rings (SSSR count). The number of unbranched alkanes of at least 4 members (excludes halogenated alkanes) is 20. The Morgan fingerprint density at radius 1 is 0.405 bits per heavy atom. The van der Waals surface area contributed by atoms with Crippen LogP contribution in [0.1, 0.15) is 206 Å². The fourth-order valence-electron chi connectivity index (χ4n) is 5.38. The van der Waals surface area contributed by atoms with Gasteiger partial charge >= 0.3 is 0 Å².